The van der Waals surface area contributed by atoms with Gasteiger partial charge in [0.2, 0.25) is 11.5 Å². The van der Waals surface area contributed by atoms with Crippen LogP contribution in [0.2, 0.25) is 0 Å². The van der Waals surface area contributed by atoms with Crippen molar-refractivity contribution in [2.24, 2.45) is 0 Å². The number of methoxy groups -OCH3 is 6. The summed E-state index contributed by atoms with van der Waals surface area (Å²) in [5, 5.41) is 0. The van der Waals surface area contributed by atoms with Crippen LogP contribution >= 0.6 is 0 Å². The standard InChI is InChI=1S/C38H44N2O8/c1-9-11-13-39-29(15-23-17-31(43-3)35(47-7)32(18-23)44-4)25-21-26-28(22-27(25)37(39)41)38(42)40(14-12-10-2)30(26)16-24-19-33(45-5)36(48-8)34(20-24)46-6/h15-22H,9-14H2,1-8H3/b29-15-,30-16-. The van der Waals surface area contributed by atoms with Gasteiger partial charge >= 0.3 is 0 Å². The number of unbranched alkanes of at least 4 members (excludes halogenated alkanes) is 2. The van der Waals surface area contributed by atoms with Gasteiger partial charge in [-0.1, -0.05) is 26.7 Å². The minimum atomic E-state index is -0.130. The van der Waals surface area contributed by atoms with Crippen LogP contribution in [0.1, 0.15) is 82.5 Å². The Hall–Kier alpha value is -5.12. The third kappa shape index (κ3) is 6.14. The van der Waals surface area contributed by atoms with Gasteiger partial charge in [-0.2, -0.15) is 0 Å². The molecule has 3 aromatic rings. The highest BCUT2D eigenvalue weighted by Gasteiger charge is 2.39. The molecule has 254 valence electrons. The Labute approximate surface area is 282 Å². The first-order valence-corrected chi connectivity index (χ1v) is 16.1. The summed E-state index contributed by atoms with van der Waals surface area (Å²) in [5.74, 6) is 2.75. The first kappa shape index (κ1) is 34.2. The second-order valence-corrected chi connectivity index (χ2v) is 11.5. The van der Waals surface area contributed by atoms with Crippen molar-refractivity contribution in [3.8, 4) is 34.5 Å². The van der Waals surface area contributed by atoms with Crippen molar-refractivity contribution in [3.05, 3.63) is 69.8 Å². The highest BCUT2D eigenvalue weighted by atomic mass is 16.5. The fourth-order valence-corrected chi connectivity index (χ4v) is 6.25. The van der Waals surface area contributed by atoms with Crippen LogP contribution in [0, 0.1) is 0 Å². The fourth-order valence-electron chi connectivity index (χ4n) is 6.25. The molecule has 0 aliphatic carbocycles. The molecule has 2 heterocycles. The van der Waals surface area contributed by atoms with E-state index in [0.29, 0.717) is 58.7 Å². The predicted molar refractivity (Wildman–Crippen MR) is 186 cm³/mol. The molecule has 0 spiro atoms. The van der Waals surface area contributed by atoms with Gasteiger partial charge in [0.05, 0.1) is 65.2 Å². The number of hydrogen-bond donors (Lipinski definition) is 0. The molecule has 0 saturated carbocycles. The lowest BCUT2D eigenvalue weighted by molar-refractivity contribution is 0.0848. The summed E-state index contributed by atoms with van der Waals surface area (Å²) < 4.78 is 33.5. The lowest BCUT2D eigenvalue weighted by Gasteiger charge is -2.20. The largest absolute Gasteiger partial charge is 0.493 e. The zero-order chi connectivity index (χ0) is 34.5. The summed E-state index contributed by atoms with van der Waals surface area (Å²) in [4.78, 5) is 31.6. The van der Waals surface area contributed by atoms with E-state index < -0.39 is 0 Å². The van der Waals surface area contributed by atoms with Crippen LogP contribution in [0.25, 0.3) is 23.5 Å². The quantitative estimate of drug-likeness (QED) is 0.179. The average molecular weight is 657 g/mol. The van der Waals surface area contributed by atoms with Crippen molar-refractivity contribution in [1.29, 1.82) is 0 Å². The first-order chi connectivity index (χ1) is 23.3. The maximum Gasteiger partial charge on any atom is 0.259 e. The first-order valence-electron chi connectivity index (χ1n) is 16.1. The fraction of sp³-hybridized carbons (Fsp3) is 0.368. The third-order valence-electron chi connectivity index (χ3n) is 8.69. The predicted octanol–water partition coefficient (Wildman–Crippen LogP) is 7.25. The monoisotopic (exact) mass is 656 g/mol. The summed E-state index contributed by atoms with van der Waals surface area (Å²) in [6.45, 7) is 5.26. The van der Waals surface area contributed by atoms with Crippen molar-refractivity contribution >= 4 is 35.4 Å². The van der Waals surface area contributed by atoms with Crippen LogP contribution in [0.5, 0.6) is 34.5 Å². The van der Waals surface area contributed by atoms with E-state index in [4.69, 9.17) is 28.4 Å². The van der Waals surface area contributed by atoms with E-state index >= 15 is 0 Å². The molecule has 2 amide bonds. The Bertz CT molecular complexity index is 1600. The van der Waals surface area contributed by atoms with E-state index in [1.54, 1.807) is 58.5 Å². The molecule has 0 saturated heterocycles. The number of fused-ring (bicyclic) bond motifs is 2. The molecular weight excluding hydrogens is 612 g/mol. The second kappa shape index (κ2) is 14.8. The van der Waals surface area contributed by atoms with Crippen LogP contribution in [0.15, 0.2) is 36.4 Å². The van der Waals surface area contributed by atoms with Gasteiger partial charge in [-0.15, -0.1) is 0 Å². The van der Waals surface area contributed by atoms with Crippen molar-refractivity contribution in [2.45, 2.75) is 39.5 Å². The SMILES string of the molecule is CCCCN1C(=O)c2cc3c(cc2/C1=C/c1cc(OC)c(OC)c(OC)c1)/C(=C/c1cc(OC)c(OC)c(OC)c1)N(CCCC)C3=O. The highest BCUT2D eigenvalue weighted by Crippen LogP contribution is 2.45. The minimum Gasteiger partial charge on any atom is -0.493 e. The number of ether oxygens (including phenoxy) is 6. The Morgan fingerprint density at radius 1 is 0.500 bits per heavy atom. The van der Waals surface area contributed by atoms with Gasteiger partial charge in [0.1, 0.15) is 0 Å². The van der Waals surface area contributed by atoms with Gasteiger partial charge in [0.25, 0.3) is 11.8 Å². The average Bonchev–Trinajstić information content (AvgIpc) is 3.51. The molecule has 2 aliphatic rings. The number of amides is 2. The van der Waals surface area contributed by atoms with Crippen molar-refractivity contribution < 1.29 is 38.0 Å². The van der Waals surface area contributed by atoms with Crippen molar-refractivity contribution in [1.82, 2.24) is 9.80 Å². The highest BCUT2D eigenvalue weighted by molar-refractivity contribution is 6.17. The molecule has 48 heavy (non-hydrogen) atoms. The van der Waals surface area contributed by atoms with Crippen LogP contribution < -0.4 is 28.4 Å². The van der Waals surface area contributed by atoms with Crippen molar-refractivity contribution in [2.75, 3.05) is 55.7 Å². The van der Waals surface area contributed by atoms with E-state index in [1.165, 1.54) is 0 Å². The topological polar surface area (TPSA) is 96.0 Å². The molecular formula is C38H44N2O8. The molecule has 0 N–H and O–H groups in total. The van der Waals surface area contributed by atoms with E-state index in [1.807, 2.05) is 42.5 Å². The molecule has 0 bridgehead atoms. The lowest BCUT2D eigenvalue weighted by atomic mass is 9.97. The zero-order valence-corrected chi connectivity index (χ0v) is 29.0. The number of carbonyl (C=O) groups excluding carboxylic acids is 2. The van der Waals surface area contributed by atoms with E-state index in [2.05, 4.69) is 13.8 Å². The molecule has 0 unspecified atom stereocenters. The summed E-state index contributed by atoms with van der Waals surface area (Å²) in [6.07, 6.45) is 7.40. The van der Waals surface area contributed by atoms with Gasteiger partial charge in [0.15, 0.2) is 23.0 Å². The van der Waals surface area contributed by atoms with Gasteiger partial charge in [0, 0.05) is 24.2 Å². The van der Waals surface area contributed by atoms with Crippen LogP contribution in [-0.4, -0.2) is 77.4 Å². The molecule has 2 aliphatic heterocycles. The number of rotatable bonds is 14. The number of hydrogen-bond acceptors (Lipinski definition) is 8. The van der Waals surface area contributed by atoms with E-state index in [-0.39, 0.29) is 11.8 Å². The minimum absolute atomic E-state index is 0.130. The number of benzene rings is 3. The van der Waals surface area contributed by atoms with E-state index in [9.17, 15) is 9.59 Å². The maximum absolute atomic E-state index is 14.0. The summed E-state index contributed by atoms with van der Waals surface area (Å²) >= 11 is 0. The third-order valence-corrected chi connectivity index (χ3v) is 8.69. The summed E-state index contributed by atoms with van der Waals surface area (Å²) in [5.41, 5.74) is 5.54. The molecule has 10 heteroatoms. The maximum atomic E-state index is 14.0. The number of carbonyl (C=O) groups is 2. The summed E-state index contributed by atoms with van der Waals surface area (Å²) in [7, 11) is 9.41. The van der Waals surface area contributed by atoms with Gasteiger partial charge in [-0.25, -0.2) is 0 Å². The lowest BCUT2D eigenvalue weighted by Crippen LogP contribution is -2.25. The zero-order valence-electron chi connectivity index (χ0n) is 29.0. The Balaban J connectivity index is 1.73. The normalized spacial score (nSPS) is 15.2. The van der Waals surface area contributed by atoms with E-state index in [0.717, 1.165) is 59.3 Å². The Morgan fingerprint density at radius 2 is 0.833 bits per heavy atom. The van der Waals surface area contributed by atoms with Crippen LogP contribution in [-0.2, 0) is 0 Å². The Morgan fingerprint density at radius 3 is 1.12 bits per heavy atom. The molecule has 0 atom stereocenters. The molecule has 0 aromatic heterocycles. The molecule has 0 fully saturated rings. The molecule has 0 radical (unpaired) electrons. The van der Waals surface area contributed by atoms with Gasteiger partial charge in [-0.05, 0) is 72.5 Å². The second-order valence-electron chi connectivity index (χ2n) is 11.5. The van der Waals surface area contributed by atoms with Crippen LogP contribution in [0.3, 0.4) is 0 Å². The van der Waals surface area contributed by atoms with Gasteiger partial charge in [-0.3, -0.25) is 9.59 Å². The van der Waals surface area contributed by atoms with Crippen molar-refractivity contribution in [3.63, 3.8) is 0 Å². The Kier molecular flexibility index (Phi) is 10.5. The molecule has 3 aromatic carbocycles. The van der Waals surface area contributed by atoms with Gasteiger partial charge < -0.3 is 38.2 Å². The number of nitrogens with zero attached hydrogens (tertiary/aromatic N) is 2. The molecule has 10 nitrogen and oxygen atoms in total. The van der Waals surface area contributed by atoms with Crippen LogP contribution in [0.4, 0.5) is 0 Å². The summed E-state index contributed by atoms with van der Waals surface area (Å²) in [6, 6.07) is 11.2. The smallest absolute Gasteiger partial charge is 0.259 e. The molecule has 5 rings (SSSR count).